The van der Waals surface area contributed by atoms with Gasteiger partial charge in [0.15, 0.2) is 5.65 Å². The maximum atomic E-state index is 13.9. The lowest BCUT2D eigenvalue weighted by Crippen LogP contribution is -2.60. The number of para-hydroxylation sites is 1. The number of piperidine rings is 1. The summed E-state index contributed by atoms with van der Waals surface area (Å²) in [5.41, 5.74) is 10.1. The summed E-state index contributed by atoms with van der Waals surface area (Å²) in [5.74, 6) is 1.22. The third-order valence-electron chi connectivity index (χ3n) is 12.9. The molecule has 5 N–H and O–H groups in total. The number of nitrogens with one attached hydrogen (secondary N) is 3. The molecule has 0 aliphatic carbocycles. The van der Waals surface area contributed by atoms with Crippen molar-refractivity contribution in [1.29, 1.82) is 0 Å². The SMILES string of the molecule is CN(C)CCOc1ccccc1Cn1cnc2ccc(C(=O)NCCOCCOCCC(=O)N3CCN(CCC(NC(=O)C4(N)CCN(c5ncnc6[nH]ccc56)CC4)c4ccc(Cl)cc4)CC3)nc21.S. The number of nitrogens with two attached hydrogens (primary N) is 1. The smallest absolute Gasteiger partial charge is 0.270 e. The van der Waals surface area contributed by atoms with Crippen LogP contribution in [-0.4, -0.2) is 173 Å². The van der Waals surface area contributed by atoms with E-state index in [1.54, 1.807) is 24.8 Å². The molecule has 2 aliphatic rings. The van der Waals surface area contributed by atoms with Crippen LogP contribution in [0.4, 0.5) is 5.82 Å². The van der Waals surface area contributed by atoms with Gasteiger partial charge in [0.2, 0.25) is 11.8 Å². The van der Waals surface area contributed by atoms with E-state index in [1.165, 1.54) is 0 Å². The Morgan fingerprint density at radius 1 is 0.887 bits per heavy atom. The molecular formula is C50H66ClN13O6S. The van der Waals surface area contributed by atoms with Crippen molar-refractivity contribution in [3.8, 4) is 5.75 Å². The van der Waals surface area contributed by atoms with Crippen molar-refractivity contribution < 1.29 is 28.6 Å². The topological polar surface area (TPSA) is 214 Å². The molecule has 6 aromatic rings. The van der Waals surface area contributed by atoms with Crippen molar-refractivity contribution in [3.63, 3.8) is 0 Å². The second-order valence-corrected chi connectivity index (χ2v) is 18.5. The number of hydrogen-bond acceptors (Lipinski definition) is 14. The van der Waals surface area contributed by atoms with E-state index in [2.05, 4.69) is 50.3 Å². The Kier molecular flexibility index (Phi) is 19.0. The summed E-state index contributed by atoms with van der Waals surface area (Å²) in [6.07, 6.45) is 7.04. The molecule has 1 atom stereocenters. The zero-order chi connectivity index (χ0) is 48.9. The molecule has 19 nitrogen and oxygen atoms in total. The fourth-order valence-electron chi connectivity index (χ4n) is 8.75. The number of piperazine rings is 1. The van der Waals surface area contributed by atoms with E-state index >= 15 is 0 Å². The fraction of sp³-hybridized carbons (Fsp3) is 0.460. The second kappa shape index (κ2) is 25.5. The normalized spacial score (nSPS) is 15.5. The number of hydrogen-bond donors (Lipinski definition) is 4. The summed E-state index contributed by atoms with van der Waals surface area (Å²) >= 11 is 6.24. The summed E-state index contributed by atoms with van der Waals surface area (Å²) in [5, 5.41) is 7.73. The Morgan fingerprint density at radius 2 is 1.65 bits per heavy atom. The molecule has 0 radical (unpaired) electrons. The summed E-state index contributed by atoms with van der Waals surface area (Å²) in [6, 6.07) is 20.6. The van der Waals surface area contributed by atoms with Crippen LogP contribution < -0.4 is 26.0 Å². The van der Waals surface area contributed by atoms with Gasteiger partial charge >= 0.3 is 0 Å². The predicted molar refractivity (Wildman–Crippen MR) is 278 cm³/mol. The highest BCUT2D eigenvalue weighted by Gasteiger charge is 2.39. The minimum Gasteiger partial charge on any atom is -0.492 e. The van der Waals surface area contributed by atoms with Crippen molar-refractivity contribution in [3.05, 3.63) is 107 Å². The van der Waals surface area contributed by atoms with Crippen LogP contribution in [0.1, 0.15) is 53.3 Å². The zero-order valence-corrected chi connectivity index (χ0v) is 42.3. The Bertz CT molecular complexity index is 2670. The van der Waals surface area contributed by atoms with Gasteiger partial charge in [-0.1, -0.05) is 41.9 Å². The highest BCUT2D eigenvalue weighted by molar-refractivity contribution is 7.59. The molecule has 2 fully saturated rings. The molecule has 380 valence electrons. The van der Waals surface area contributed by atoms with E-state index in [-0.39, 0.29) is 49.4 Å². The zero-order valence-electron chi connectivity index (χ0n) is 40.5. The average molecular weight is 1010 g/mol. The molecule has 1 unspecified atom stereocenters. The summed E-state index contributed by atoms with van der Waals surface area (Å²) in [7, 11) is 4.02. The van der Waals surface area contributed by atoms with Crippen molar-refractivity contribution in [2.24, 2.45) is 5.73 Å². The number of H-pyrrole nitrogens is 1. The molecule has 21 heteroatoms. The number of benzene rings is 2. The number of amides is 3. The lowest BCUT2D eigenvalue weighted by molar-refractivity contribution is -0.134. The summed E-state index contributed by atoms with van der Waals surface area (Å²) < 4.78 is 19.3. The van der Waals surface area contributed by atoms with E-state index < -0.39 is 5.54 Å². The van der Waals surface area contributed by atoms with Crippen LogP contribution >= 0.6 is 25.1 Å². The van der Waals surface area contributed by atoms with Gasteiger partial charge in [0.1, 0.15) is 41.4 Å². The van der Waals surface area contributed by atoms with Crippen molar-refractivity contribution in [2.75, 3.05) is 111 Å². The van der Waals surface area contributed by atoms with Gasteiger partial charge in [-0.2, -0.15) is 13.5 Å². The number of anilines is 1. The van der Waals surface area contributed by atoms with E-state index in [9.17, 15) is 14.4 Å². The first-order valence-corrected chi connectivity index (χ1v) is 24.4. The minimum atomic E-state index is -1.02. The number of nitrogens with zero attached hydrogens (tertiary/aromatic N) is 9. The standard InChI is InChI=1S/C50H64ClN13O6.H2S/c1-60(2)27-30-70-43-6-4-3-5-37(43)33-64-35-57-41-11-12-42(58-47(41)64)48(66)54-19-29-69-32-31-68-28-15-44(65)62-25-23-61(24-26-62)20-14-40(36-7-9-38(51)10-8-36)59-49(67)50(52)16-21-63(22-17-50)46-39-13-18-53-45(39)55-34-56-46;/h3-13,18,34-35,40H,14-17,19-33,52H2,1-2H3,(H,54,66)(H,59,67)(H,53,55,56);1H2. The number of carbonyl (C=O) groups is 3. The molecule has 0 saturated carbocycles. The molecule has 2 aliphatic heterocycles. The van der Waals surface area contributed by atoms with Gasteiger partial charge in [-0.25, -0.2) is 19.9 Å². The highest BCUT2D eigenvalue weighted by atomic mass is 35.5. The van der Waals surface area contributed by atoms with Gasteiger partial charge < -0.3 is 54.8 Å². The maximum absolute atomic E-state index is 13.9. The number of pyridine rings is 1. The lowest BCUT2D eigenvalue weighted by atomic mass is 9.87. The van der Waals surface area contributed by atoms with Crippen LogP contribution in [0.2, 0.25) is 5.02 Å². The van der Waals surface area contributed by atoms with Crippen LogP contribution in [0.3, 0.4) is 0 Å². The van der Waals surface area contributed by atoms with E-state index in [4.69, 9.17) is 31.5 Å². The number of ether oxygens (including phenoxy) is 3. The molecule has 2 aromatic carbocycles. The van der Waals surface area contributed by atoms with Crippen LogP contribution in [0.5, 0.6) is 5.75 Å². The lowest BCUT2D eigenvalue weighted by Gasteiger charge is -2.39. The second-order valence-electron chi connectivity index (χ2n) is 18.1. The molecule has 3 amide bonds. The van der Waals surface area contributed by atoms with Crippen molar-refractivity contribution in [1.82, 2.24) is 54.8 Å². The number of fused-ring (bicyclic) bond motifs is 2. The van der Waals surface area contributed by atoms with Gasteiger partial charge in [-0.05, 0) is 75.3 Å². The highest BCUT2D eigenvalue weighted by Crippen LogP contribution is 2.30. The van der Waals surface area contributed by atoms with E-state index in [0.717, 1.165) is 59.9 Å². The van der Waals surface area contributed by atoms with Gasteiger partial charge in [0.25, 0.3) is 5.91 Å². The molecule has 4 aromatic heterocycles. The van der Waals surface area contributed by atoms with Gasteiger partial charge in [0, 0.05) is 75.7 Å². The average Bonchev–Trinajstić information content (AvgIpc) is 4.03. The van der Waals surface area contributed by atoms with Gasteiger partial charge in [0.05, 0.1) is 62.7 Å². The quantitative estimate of drug-likeness (QED) is 0.0669. The molecule has 6 heterocycles. The minimum absolute atomic E-state index is 0. The van der Waals surface area contributed by atoms with E-state index in [0.29, 0.717) is 108 Å². The van der Waals surface area contributed by atoms with Crippen LogP contribution in [0, 0.1) is 0 Å². The Morgan fingerprint density at radius 3 is 2.42 bits per heavy atom. The van der Waals surface area contributed by atoms with Gasteiger partial charge in [-0.15, -0.1) is 0 Å². The third-order valence-corrected chi connectivity index (χ3v) is 13.2. The van der Waals surface area contributed by atoms with Crippen LogP contribution in [-0.2, 0) is 25.6 Å². The number of likely N-dealkylation sites (N-methyl/N-ethyl adjacent to an activating group) is 1. The Labute approximate surface area is 426 Å². The number of halogens is 1. The van der Waals surface area contributed by atoms with Gasteiger partial charge in [-0.3, -0.25) is 19.3 Å². The Balaban J connectivity index is 0.00000741. The van der Waals surface area contributed by atoms with E-state index in [1.807, 2.05) is 84.4 Å². The monoisotopic (exact) mass is 1010 g/mol. The third kappa shape index (κ3) is 14.2. The first kappa shape index (κ1) is 52.9. The molecule has 8 rings (SSSR count). The molecular weight excluding hydrogens is 946 g/mol. The number of aromatic nitrogens is 6. The van der Waals surface area contributed by atoms with Crippen molar-refractivity contribution in [2.45, 2.75) is 43.8 Å². The van der Waals surface area contributed by atoms with Crippen LogP contribution in [0.15, 0.2) is 85.6 Å². The van der Waals surface area contributed by atoms with Crippen molar-refractivity contribution >= 4 is 70.8 Å². The molecule has 71 heavy (non-hydrogen) atoms. The predicted octanol–water partition coefficient (Wildman–Crippen LogP) is 4.00. The molecule has 0 bridgehead atoms. The number of aromatic amines is 1. The molecule has 0 spiro atoms. The first-order chi connectivity index (χ1) is 34.0. The number of rotatable bonds is 23. The fourth-order valence-corrected chi connectivity index (χ4v) is 8.88. The summed E-state index contributed by atoms with van der Waals surface area (Å²) in [4.78, 5) is 69.5. The Hall–Kier alpha value is -5.87. The van der Waals surface area contributed by atoms with Crippen LogP contribution in [0.25, 0.3) is 22.2 Å². The summed E-state index contributed by atoms with van der Waals surface area (Å²) in [6.45, 7) is 8.02. The molecule has 2 saturated heterocycles. The number of imidazole rings is 1. The number of carbonyl (C=O) groups excluding carboxylic acids is 3. The largest absolute Gasteiger partial charge is 0.492 e. The maximum Gasteiger partial charge on any atom is 0.270 e. The first-order valence-electron chi connectivity index (χ1n) is 24.0.